The van der Waals surface area contributed by atoms with Crippen molar-refractivity contribution < 1.29 is 9.59 Å². The highest BCUT2D eigenvalue weighted by atomic mass is 35.5. The Morgan fingerprint density at radius 3 is 2.58 bits per heavy atom. The number of carbonyl (C=O) groups excluding carboxylic acids is 2. The minimum atomic E-state index is -0.396. The number of hydrogen-bond donors (Lipinski definition) is 2. The topological polar surface area (TPSA) is 65.2 Å². The zero-order valence-corrected chi connectivity index (χ0v) is 16.3. The first-order valence-corrected chi connectivity index (χ1v) is 9.20. The molecule has 0 aliphatic rings. The first-order valence-electron chi connectivity index (χ1n) is 7.63. The van der Waals surface area contributed by atoms with E-state index in [0.29, 0.717) is 26.0 Å². The average molecular weight is 408 g/mol. The third kappa shape index (κ3) is 3.82. The molecule has 3 rings (SSSR count). The van der Waals surface area contributed by atoms with Crippen LogP contribution in [0.5, 0.6) is 0 Å². The predicted molar refractivity (Wildman–Crippen MR) is 108 cm³/mol. The summed E-state index contributed by atoms with van der Waals surface area (Å²) < 4.78 is 0. The average Bonchev–Trinajstić information content (AvgIpc) is 2.93. The van der Waals surface area contributed by atoms with Crippen molar-refractivity contribution >= 4 is 62.7 Å². The van der Waals surface area contributed by atoms with Gasteiger partial charge < -0.3 is 15.2 Å². The summed E-state index contributed by atoms with van der Waals surface area (Å²) in [6.45, 7) is 0. The molecule has 3 aromatic rings. The number of hydrogen-bond acceptors (Lipinski definition) is 3. The Hall–Kier alpha value is -2.15. The van der Waals surface area contributed by atoms with Crippen LogP contribution in [0.3, 0.4) is 0 Å². The SMILES string of the molecule is CN(C)C(=O)Sc1ccccc1NC(=O)c1[nH]c2ccc(Cl)cc2c1Cl. The fourth-order valence-electron chi connectivity index (χ4n) is 2.32. The number of rotatable bonds is 3. The van der Waals surface area contributed by atoms with Crippen LogP contribution in [0, 0.1) is 0 Å². The van der Waals surface area contributed by atoms with Crippen LogP contribution in [0.25, 0.3) is 10.9 Å². The number of halogens is 2. The molecule has 0 fully saturated rings. The van der Waals surface area contributed by atoms with E-state index in [1.54, 1.807) is 56.6 Å². The molecule has 1 aromatic heterocycles. The van der Waals surface area contributed by atoms with Gasteiger partial charge in [-0.15, -0.1) is 0 Å². The molecule has 0 aliphatic carbocycles. The molecule has 8 heteroatoms. The van der Waals surface area contributed by atoms with E-state index in [4.69, 9.17) is 23.2 Å². The highest BCUT2D eigenvalue weighted by molar-refractivity contribution is 8.13. The Morgan fingerprint density at radius 2 is 1.85 bits per heavy atom. The zero-order valence-electron chi connectivity index (χ0n) is 14.0. The van der Waals surface area contributed by atoms with Crippen molar-refractivity contribution in [3.8, 4) is 0 Å². The van der Waals surface area contributed by atoms with Gasteiger partial charge in [-0.25, -0.2) is 0 Å². The lowest BCUT2D eigenvalue weighted by Crippen LogP contribution is -2.17. The number of anilines is 1. The van der Waals surface area contributed by atoms with E-state index in [9.17, 15) is 9.59 Å². The van der Waals surface area contributed by atoms with Gasteiger partial charge in [0.05, 0.1) is 10.7 Å². The summed E-state index contributed by atoms with van der Waals surface area (Å²) >= 11 is 13.4. The van der Waals surface area contributed by atoms with Crippen molar-refractivity contribution in [3.63, 3.8) is 0 Å². The predicted octanol–water partition coefficient (Wildman–Crippen LogP) is 5.50. The van der Waals surface area contributed by atoms with Gasteiger partial charge in [0.25, 0.3) is 11.1 Å². The molecule has 0 saturated carbocycles. The Kier molecular flexibility index (Phi) is 5.46. The second-order valence-electron chi connectivity index (χ2n) is 5.72. The van der Waals surface area contributed by atoms with Gasteiger partial charge in [0.15, 0.2) is 0 Å². The summed E-state index contributed by atoms with van der Waals surface area (Å²) in [4.78, 5) is 29.8. The lowest BCUT2D eigenvalue weighted by molar-refractivity contribution is 0.102. The van der Waals surface area contributed by atoms with Gasteiger partial charge >= 0.3 is 0 Å². The van der Waals surface area contributed by atoms with Gasteiger partial charge in [-0.05, 0) is 42.1 Å². The molecule has 134 valence electrons. The number of benzene rings is 2. The highest BCUT2D eigenvalue weighted by Crippen LogP contribution is 2.32. The minimum absolute atomic E-state index is 0.134. The highest BCUT2D eigenvalue weighted by Gasteiger charge is 2.19. The number of aromatic amines is 1. The van der Waals surface area contributed by atoms with Gasteiger partial charge in [-0.3, -0.25) is 9.59 Å². The Morgan fingerprint density at radius 1 is 1.12 bits per heavy atom. The van der Waals surface area contributed by atoms with E-state index in [1.807, 2.05) is 0 Å². The van der Waals surface area contributed by atoms with Crippen molar-refractivity contribution in [1.82, 2.24) is 9.88 Å². The molecule has 0 unspecified atom stereocenters. The number of aromatic nitrogens is 1. The van der Waals surface area contributed by atoms with Crippen molar-refractivity contribution in [3.05, 3.63) is 58.2 Å². The zero-order chi connectivity index (χ0) is 18.8. The molecule has 0 saturated heterocycles. The van der Waals surface area contributed by atoms with E-state index in [-0.39, 0.29) is 10.9 Å². The summed E-state index contributed by atoms with van der Waals surface area (Å²) in [5, 5.41) is 4.19. The number of amides is 2. The summed E-state index contributed by atoms with van der Waals surface area (Å²) in [6.07, 6.45) is 0. The molecule has 0 aliphatic heterocycles. The molecule has 1 heterocycles. The molecule has 5 nitrogen and oxygen atoms in total. The van der Waals surface area contributed by atoms with Crippen LogP contribution in [-0.2, 0) is 0 Å². The molecule has 0 bridgehead atoms. The summed E-state index contributed by atoms with van der Waals surface area (Å²) in [7, 11) is 3.35. The molecular weight excluding hydrogens is 393 g/mol. The van der Waals surface area contributed by atoms with Crippen molar-refractivity contribution in [2.75, 3.05) is 19.4 Å². The quantitative estimate of drug-likeness (QED) is 0.563. The van der Waals surface area contributed by atoms with Crippen LogP contribution in [0.15, 0.2) is 47.4 Å². The normalized spacial score (nSPS) is 10.8. The second-order valence-corrected chi connectivity index (χ2v) is 7.52. The van der Waals surface area contributed by atoms with Crippen molar-refractivity contribution in [2.45, 2.75) is 4.90 Å². The van der Waals surface area contributed by atoms with Gasteiger partial charge in [-0.1, -0.05) is 35.3 Å². The van der Waals surface area contributed by atoms with E-state index < -0.39 is 5.91 Å². The number of carbonyl (C=O) groups is 2. The number of nitrogens with zero attached hydrogens (tertiary/aromatic N) is 1. The van der Waals surface area contributed by atoms with Crippen LogP contribution in [0.1, 0.15) is 10.5 Å². The third-order valence-corrected chi connectivity index (χ3v) is 5.37. The maximum absolute atomic E-state index is 12.7. The maximum atomic E-state index is 12.7. The van der Waals surface area contributed by atoms with Crippen LogP contribution in [0.2, 0.25) is 10.0 Å². The van der Waals surface area contributed by atoms with E-state index in [0.717, 1.165) is 17.3 Å². The van der Waals surface area contributed by atoms with Gasteiger partial charge in [0.1, 0.15) is 5.69 Å². The van der Waals surface area contributed by atoms with E-state index in [2.05, 4.69) is 10.3 Å². The molecule has 0 spiro atoms. The van der Waals surface area contributed by atoms with Crippen LogP contribution in [-0.4, -0.2) is 35.1 Å². The lowest BCUT2D eigenvalue weighted by atomic mass is 10.2. The molecule has 2 N–H and O–H groups in total. The van der Waals surface area contributed by atoms with Gasteiger partial charge in [-0.2, -0.15) is 0 Å². The van der Waals surface area contributed by atoms with Crippen molar-refractivity contribution in [2.24, 2.45) is 0 Å². The van der Waals surface area contributed by atoms with Crippen LogP contribution < -0.4 is 5.32 Å². The number of nitrogens with one attached hydrogen (secondary N) is 2. The number of thioether (sulfide) groups is 1. The Balaban J connectivity index is 1.89. The van der Waals surface area contributed by atoms with Gasteiger partial charge in [0, 0.05) is 34.9 Å². The molecule has 2 aromatic carbocycles. The number of para-hydroxylation sites is 1. The fraction of sp³-hybridized carbons (Fsp3) is 0.111. The molecule has 26 heavy (non-hydrogen) atoms. The van der Waals surface area contributed by atoms with Crippen molar-refractivity contribution in [1.29, 1.82) is 0 Å². The second kappa shape index (κ2) is 7.61. The largest absolute Gasteiger partial charge is 0.349 e. The first-order chi connectivity index (χ1) is 12.4. The first kappa shape index (κ1) is 18.6. The Labute approximate surface area is 164 Å². The van der Waals surface area contributed by atoms with E-state index in [1.165, 1.54) is 4.90 Å². The fourth-order valence-corrected chi connectivity index (χ4v) is 3.52. The third-order valence-electron chi connectivity index (χ3n) is 3.62. The summed E-state index contributed by atoms with van der Waals surface area (Å²) in [5.41, 5.74) is 1.49. The summed E-state index contributed by atoms with van der Waals surface area (Å²) in [5.74, 6) is -0.396. The number of fused-ring (bicyclic) bond motifs is 1. The Bertz CT molecular complexity index is 1000. The monoisotopic (exact) mass is 407 g/mol. The molecular formula is C18H15Cl2N3O2S. The van der Waals surface area contributed by atoms with Crippen LogP contribution in [0.4, 0.5) is 10.5 Å². The summed E-state index contributed by atoms with van der Waals surface area (Å²) in [6, 6.07) is 12.3. The maximum Gasteiger partial charge on any atom is 0.286 e. The smallest absolute Gasteiger partial charge is 0.286 e. The van der Waals surface area contributed by atoms with E-state index >= 15 is 0 Å². The molecule has 0 atom stereocenters. The standard InChI is InChI=1S/C18H15Cl2N3O2S/c1-23(2)18(25)26-14-6-4-3-5-13(14)22-17(24)16-15(20)11-9-10(19)7-8-12(11)21-16/h3-9,21H,1-2H3,(H,22,24). The number of H-pyrrole nitrogens is 1. The molecule has 2 amide bonds. The lowest BCUT2D eigenvalue weighted by Gasteiger charge is -2.13. The molecule has 0 radical (unpaired) electrons. The van der Waals surface area contributed by atoms with Crippen LogP contribution >= 0.6 is 35.0 Å². The van der Waals surface area contributed by atoms with Gasteiger partial charge in [0.2, 0.25) is 0 Å². The minimum Gasteiger partial charge on any atom is -0.349 e.